The minimum Gasteiger partial charge on any atom is -0.463 e. The first kappa shape index (κ1) is 21.0. The number of amides is 1. The van der Waals surface area contributed by atoms with E-state index in [0.717, 1.165) is 11.3 Å². The Morgan fingerprint density at radius 2 is 1.91 bits per heavy atom. The number of anilines is 1. The number of esters is 1. The topological polar surface area (TPSA) is 89.8 Å². The standard InChI is InChI=1S/C24H18FN3O4S/c1-3-32-23(31)17-12(2)26-24-28(19(17)13-8-4-6-10-15(13)25)22(30)20(33-24)18-14-9-5-7-11-16(14)27-21(18)29/h4-11,19H,3H2,1-2H3,(H,27,29)/b20-18-. The van der Waals surface area contributed by atoms with Crippen LogP contribution in [0.2, 0.25) is 0 Å². The highest BCUT2D eigenvalue weighted by atomic mass is 32.1. The third kappa shape index (κ3) is 3.23. The Bertz CT molecular complexity index is 1550. The molecule has 7 nitrogen and oxygen atoms in total. The molecule has 0 fully saturated rings. The fraction of sp³-hybridized carbons (Fsp3) is 0.167. The van der Waals surface area contributed by atoms with Crippen LogP contribution in [0.3, 0.4) is 0 Å². The number of fused-ring (bicyclic) bond motifs is 2. The highest BCUT2D eigenvalue weighted by Crippen LogP contribution is 2.33. The smallest absolute Gasteiger partial charge is 0.338 e. The molecule has 2 aliphatic rings. The average molecular weight is 463 g/mol. The zero-order valence-electron chi connectivity index (χ0n) is 17.7. The van der Waals surface area contributed by atoms with Gasteiger partial charge in [0.2, 0.25) is 0 Å². The summed E-state index contributed by atoms with van der Waals surface area (Å²) < 4.78 is 21.6. The number of allylic oxidation sites excluding steroid dienone is 1. The first-order valence-corrected chi connectivity index (χ1v) is 11.1. The molecule has 0 aliphatic carbocycles. The van der Waals surface area contributed by atoms with Crippen LogP contribution in [-0.4, -0.2) is 23.1 Å². The van der Waals surface area contributed by atoms with E-state index in [1.54, 1.807) is 44.2 Å². The van der Waals surface area contributed by atoms with Gasteiger partial charge in [0.1, 0.15) is 16.4 Å². The second-order valence-corrected chi connectivity index (χ2v) is 8.50. The molecule has 9 heteroatoms. The van der Waals surface area contributed by atoms with Crippen molar-refractivity contribution in [2.75, 3.05) is 11.9 Å². The van der Waals surface area contributed by atoms with Crippen molar-refractivity contribution in [2.45, 2.75) is 19.9 Å². The van der Waals surface area contributed by atoms with Crippen molar-refractivity contribution in [3.05, 3.63) is 96.4 Å². The van der Waals surface area contributed by atoms with Gasteiger partial charge in [-0.15, -0.1) is 0 Å². The lowest BCUT2D eigenvalue weighted by Crippen LogP contribution is -2.41. The molecule has 0 spiro atoms. The maximum atomic E-state index is 14.9. The molecule has 0 bridgehead atoms. The van der Waals surface area contributed by atoms with Crippen molar-refractivity contribution in [2.24, 2.45) is 4.99 Å². The molecular weight excluding hydrogens is 445 g/mol. The van der Waals surface area contributed by atoms with Crippen LogP contribution in [0.1, 0.15) is 31.0 Å². The van der Waals surface area contributed by atoms with E-state index >= 15 is 0 Å². The summed E-state index contributed by atoms with van der Waals surface area (Å²) in [5, 5.41) is 2.77. The number of thiazole rings is 1. The van der Waals surface area contributed by atoms with Crippen molar-refractivity contribution in [1.82, 2.24) is 4.57 Å². The van der Waals surface area contributed by atoms with E-state index < -0.39 is 29.3 Å². The second-order valence-electron chi connectivity index (χ2n) is 7.52. The Balaban J connectivity index is 1.85. The van der Waals surface area contributed by atoms with Crippen LogP contribution in [0.25, 0.3) is 5.57 Å². The number of nitrogens with one attached hydrogen (secondary N) is 1. The fourth-order valence-electron chi connectivity index (χ4n) is 4.18. The molecule has 3 aromatic rings. The summed E-state index contributed by atoms with van der Waals surface area (Å²) in [7, 11) is 0. The molecule has 2 aliphatic heterocycles. The van der Waals surface area contributed by atoms with Gasteiger partial charge in [0.05, 0.1) is 23.5 Å². The van der Waals surface area contributed by atoms with E-state index in [4.69, 9.17) is 4.74 Å². The van der Waals surface area contributed by atoms with E-state index in [9.17, 15) is 18.8 Å². The zero-order valence-corrected chi connectivity index (χ0v) is 18.5. The Hall–Kier alpha value is -3.85. The van der Waals surface area contributed by atoms with Gasteiger partial charge in [-0.3, -0.25) is 14.2 Å². The summed E-state index contributed by atoms with van der Waals surface area (Å²) in [6.07, 6.45) is 0. The van der Waals surface area contributed by atoms with Crippen molar-refractivity contribution in [3.63, 3.8) is 0 Å². The Morgan fingerprint density at radius 1 is 1.18 bits per heavy atom. The maximum Gasteiger partial charge on any atom is 0.338 e. The fourth-order valence-corrected chi connectivity index (χ4v) is 5.32. The van der Waals surface area contributed by atoms with E-state index in [2.05, 4.69) is 10.3 Å². The minimum absolute atomic E-state index is 0.0853. The number of aromatic nitrogens is 1. The predicted octanol–water partition coefficient (Wildman–Crippen LogP) is 2.26. The van der Waals surface area contributed by atoms with Crippen molar-refractivity contribution in [3.8, 4) is 0 Å². The number of carbonyl (C=O) groups is 2. The van der Waals surface area contributed by atoms with Gasteiger partial charge in [-0.1, -0.05) is 47.7 Å². The van der Waals surface area contributed by atoms with Gasteiger partial charge in [0.15, 0.2) is 4.80 Å². The van der Waals surface area contributed by atoms with E-state index in [1.807, 2.05) is 0 Å². The Morgan fingerprint density at radius 3 is 2.67 bits per heavy atom. The van der Waals surface area contributed by atoms with Crippen molar-refractivity contribution in [1.29, 1.82) is 0 Å². The number of para-hydroxylation sites is 1. The van der Waals surface area contributed by atoms with Crippen LogP contribution in [0.5, 0.6) is 0 Å². The number of carbonyl (C=O) groups excluding carboxylic acids is 2. The van der Waals surface area contributed by atoms with Gasteiger partial charge in [0.25, 0.3) is 11.5 Å². The monoisotopic (exact) mass is 463 g/mol. The third-order valence-electron chi connectivity index (χ3n) is 5.59. The number of hydrogen-bond donors (Lipinski definition) is 1. The number of halogens is 1. The van der Waals surface area contributed by atoms with Gasteiger partial charge in [-0.2, -0.15) is 0 Å². The first-order valence-electron chi connectivity index (χ1n) is 10.3. The quantitative estimate of drug-likeness (QED) is 0.604. The molecule has 1 aromatic heterocycles. The van der Waals surface area contributed by atoms with Crippen LogP contribution < -0.4 is 20.2 Å². The SMILES string of the molecule is CCOC(=O)C1=C(C)N=c2s/c(=C3\C(=O)Nc4ccccc43)c(=O)n2C1c1ccccc1F. The van der Waals surface area contributed by atoms with Crippen molar-refractivity contribution < 1.29 is 18.7 Å². The summed E-state index contributed by atoms with van der Waals surface area (Å²) in [6, 6.07) is 12.0. The largest absolute Gasteiger partial charge is 0.463 e. The summed E-state index contributed by atoms with van der Waals surface area (Å²) >= 11 is 1.04. The average Bonchev–Trinajstić information content (AvgIpc) is 3.28. The van der Waals surface area contributed by atoms with Gasteiger partial charge in [-0.05, 0) is 26.0 Å². The molecule has 1 atom stereocenters. The van der Waals surface area contributed by atoms with Gasteiger partial charge in [0, 0.05) is 16.8 Å². The molecule has 2 aromatic carbocycles. The highest BCUT2D eigenvalue weighted by molar-refractivity contribution is 7.07. The maximum absolute atomic E-state index is 14.9. The molecule has 0 saturated carbocycles. The Labute approximate surface area is 191 Å². The number of rotatable bonds is 3. The summed E-state index contributed by atoms with van der Waals surface area (Å²) in [4.78, 5) is 44.1. The second kappa shape index (κ2) is 7.93. The van der Waals surface area contributed by atoms with E-state index in [0.29, 0.717) is 16.9 Å². The molecule has 3 heterocycles. The molecule has 1 amide bonds. The summed E-state index contributed by atoms with van der Waals surface area (Å²) in [5.74, 6) is -1.64. The molecule has 1 N–H and O–H groups in total. The molecular formula is C24H18FN3O4S. The van der Waals surface area contributed by atoms with Crippen LogP contribution in [0.4, 0.5) is 10.1 Å². The normalized spacial score (nSPS) is 18.4. The van der Waals surface area contributed by atoms with Gasteiger partial charge >= 0.3 is 5.97 Å². The van der Waals surface area contributed by atoms with Gasteiger partial charge < -0.3 is 10.1 Å². The number of nitrogens with zero attached hydrogens (tertiary/aromatic N) is 2. The van der Waals surface area contributed by atoms with Crippen LogP contribution in [0, 0.1) is 5.82 Å². The minimum atomic E-state index is -1.07. The summed E-state index contributed by atoms with van der Waals surface area (Å²) in [5.41, 5.74) is 1.49. The molecule has 1 unspecified atom stereocenters. The first-order chi connectivity index (χ1) is 15.9. The molecule has 33 heavy (non-hydrogen) atoms. The van der Waals surface area contributed by atoms with Crippen LogP contribution >= 0.6 is 11.3 Å². The lowest BCUT2D eigenvalue weighted by molar-refractivity contribution is -0.139. The third-order valence-corrected chi connectivity index (χ3v) is 6.64. The van der Waals surface area contributed by atoms with E-state index in [-0.39, 0.29) is 32.7 Å². The summed E-state index contributed by atoms with van der Waals surface area (Å²) in [6.45, 7) is 3.41. The van der Waals surface area contributed by atoms with E-state index in [1.165, 1.54) is 22.8 Å². The lowest BCUT2D eigenvalue weighted by Gasteiger charge is -2.24. The van der Waals surface area contributed by atoms with Gasteiger partial charge in [-0.25, -0.2) is 14.2 Å². The predicted molar refractivity (Wildman–Crippen MR) is 121 cm³/mol. The number of benzene rings is 2. The van der Waals surface area contributed by atoms with Crippen molar-refractivity contribution >= 4 is 34.5 Å². The molecule has 5 rings (SSSR count). The lowest BCUT2D eigenvalue weighted by atomic mass is 9.95. The zero-order chi connectivity index (χ0) is 23.3. The van der Waals surface area contributed by atoms with Crippen LogP contribution in [0.15, 0.2) is 69.6 Å². The van der Waals surface area contributed by atoms with Crippen LogP contribution in [-0.2, 0) is 14.3 Å². The highest BCUT2D eigenvalue weighted by Gasteiger charge is 2.36. The molecule has 166 valence electrons. The molecule has 0 saturated heterocycles. The Kier molecular flexibility index (Phi) is 5.05. The molecule has 0 radical (unpaired) electrons. The number of ether oxygens (including phenoxy) is 1. The number of hydrogen-bond acceptors (Lipinski definition) is 6.